The fourth-order valence-corrected chi connectivity index (χ4v) is 2.89. The highest BCUT2D eigenvalue weighted by Crippen LogP contribution is 2.31. The zero-order chi connectivity index (χ0) is 14.5. The summed E-state index contributed by atoms with van der Waals surface area (Å²) in [6.45, 7) is 10.0. The van der Waals surface area contributed by atoms with Gasteiger partial charge in [0.05, 0.1) is 23.9 Å². The Morgan fingerprint density at radius 1 is 1.50 bits per heavy atom. The number of rotatable bonds is 5. The molecule has 1 N–H and O–H groups in total. The molecular weight excluding hydrogens is 272 g/mol. The largest absolute Gasteiger partial charge is 0.377 e. The summed E-state index contributed by atoms with van der Waals surface area (Å²) in [7, 11) is 0. The average Bonchev–Trinajstić information content (AvgIpc) is 2.45. The lowest BCUT2D eigenvalue weighted by Gasteiger charge is -2.36. The normalized spacial score (nSPS) is 21.0. The van der Waals surface area contributed by atoms with Gasteiger partial charge in [-0.25, -0.2) is 0 Å². The lowest BCUT2D eigenvalue weighted by atomic mass is 10.1. The molecule has 1 aliphatic heterocycles. The van der Waals surface area contributed by atoms with Crippen LogP contribution < -0.4 is 10.2 Å². The first-order valence-corrected chi connectivity index (χ1v) is 7.88. The molecule has 4 heteroatoms. The number of hydrogen-bond acceptors (Lipinski definition) is 3. The van der Waals surface area contributed by atoms with Crippen LogP contribution in [0.3, 0.4) is 0 Å². The summed E-state index contributed by atoms with van der Waals surface area (Å²) in [5, 5.41) is 4.33. The van der Waals surface area contributed by atoms with E-state index in [1.807, 2.05) is 0 Å². The molecule has 0 radical (unpaired) electrons. The smallest absolute Gasteiger partial charge is 0.0668 e. The standard InChI is InChI=1S/C16H25ClN2O/c1-4-7-18-13(3)14-5-6-16(15(17)10-14)19-8-9-20-11-12(19)2/h5-6,10,12-13,18H,4,7-9,11H2,1-3H3. The molecule has 3 nitrogen and oxygen atoms in total. The van der Waals surface area contributed by atoms with E-state index < -0.39 is 0 Å². The van der Waals surface area contributed by atoms with Crippen molar-refractivity contribution < 1.29 is 4.74 Å². The zero-order valence-electron chi connectivity index (χ0n) is 12.7. The van der Waals surface area contributed by atoms with Crippen molar-refractivity contribution in [1.29, 1.82) is 0 Å². The third-order valence-corrected chi connectivity index (χ3v) is 4.15. The van der Waals surface area contributed by atoms with Gasteiger partial charge in [0.1, 0.15) is 0 Å². The molecule has 0 spiro atoms. The second-order valence-electron chi connectivity index (χ2n) is 5.50. The number of ether oxygens (including phenoxy) is 1. The third-order valence-electron chi connectivity index (χ3n) is 3.85. The minimum Gasteiger partial charge on any atom is -0.377 e. The lowest BCUT2D eigenvalue weighted by Crippen LogP contribution is -2.43. The van der Waals surface area contributed by atoms with Gasteiger partial charge in [-0.2, -0.15) is 0 Å². The van der Waals surface area contributed by atoms with Gasteiger partial charge in [0.15, 0.2) is 0 Å². The van der Waals surface area contributed by atoms with Gasteiger partial charge in [0.2, 0.25) is 0 Å². The molecule has 20 heavy (non-hydrogen) atoms. The van der Waals surface area contributed by atoms with Gasteiger partial charge < -0.3 is 15.0 Å². The van der Waals surface area contributed by atoms with Crippen LogP contribution in [-0.4, -0.2) is 32.3 Å². The highest BCUT2D eigenvalue weighted by atomic mass is 35.5. The summed E-state index contributed by atoms with van der Waals surface area (Å²) in [6.07, 6.45) is 1.14. The molecular formula is C16H25ClN2O. The monoisotopic (exact) mass is 296 g/mol. The Kier molecular flexibility index (Phi) is 5.70. The lowest BCUT2D eigenvalue weighted by molar-refractivity contribution is 0.0989. The SMILES string of the molecule is CCCNC(C)c1ccc(N2CCOCC2C)c(Cl)c1. The number of halogens is 1. The molecule has 1 fully saturated rings. The van der Waals surface area contributed by atoms with Crippen molar-refractivity contribution in [2.24, 2.45) is 0 Å². The van der Waals surface area contributed by atoms with E-state index in [1.54, 1.807) is 0 Å². The maximum atomic E-state index is 6.50. The fraction of sp³-hybridized carbons (Fsp3) is 0.625. The fourth-order valence-electron chi connectivity index (χ4n) is 2.59. The van der Waals surface area contributed by atoms with Crippen LogP contribution in [0.5, 0.6) is 0 Å². The topological polar surface area (TPSA) is 24.5 Å². The van der Waals surface area contributed by atoms with Crippen LogP contribution in [0.1, 0.15) is 38.8 Å². The summed E-state index contributed by atoms with van der Waals surface area (Å²) < 4.78 is 5.48. The summed E-state index contributed by atoms with van der Waals surface area (Å²) >= 11 is 6.50. The van der Waals surface area contributed by atoms with E-state index in [-0.39, 0.29) is 0 Å². The van der Waals surface area contributed by atoms with E-state index in [4.69, 9.17) is 16.3 Å². The average molecular weight is 297 g/mol. The number of nitrogens with one attached hydrogen (secondary N) is 1. The van der Waals surface area contributed by atoms with Crippen LogP contribution in [0.25, 0.3) is 0 Å². The van der Waals surface area contributed by atoms with Gasteiger partial charge in [-0.1, -0.05) is 24.6 Å². The molecule has 1 aromatic rings. The Hall–Kier alpha value is -0.770. The number of hydrogen-bond donors (Lipinski definition) is 1. The molecule has 2 atom stereocenters. The minimum absolute atomic E-state index is 0.337. The van der Waals surface area contributed by atoms with Crippen molar-refractivity contribution in [3.8, 4) is 0 Å². The van der Waals surface area contributed by atoms with Gasteiger partial charge in [-0.3, -0.25) is 0 Å². The Bertz CT molecular complexity index is 438. The van der Waals surface area contributed by atoms with Gasteiger partial charge in [-0.05, 0) is 44.5 Å². The van der Waals surface area contributed by atoms with Crippen molar-refractivity contribution in [2.45, 2.75) is 39.3 Å². The quantitative estimate of drug-likeness (QED) is 0.898. The van der Waals surface area contributed by atoms with E-state index in [0.717, 1.165) is 43.4 Å². The van der Waals surface area contributed by atoms with Gasteiger partial charge in [0.25, 0.3) is 0 Å². The van der Waals surface area contributed by atoms with Gasteiger partial charge >= 0.3 is 0 Å². The van der Waals surface area contributed by atoms with E-state index in [0.29, 0.717) is 12.1 Å². The number of anilines is 1. The number of morpholine rings is 1. The van der Waals surface area contributed by atoms with Crippen molar-refractivity contribution >= 4 is 17.3 Å². The molecule has 2 rings (SSSR count). The third kappa shape index (κ3) is 3.66. The molecule has 2 unspecified atom stereocenters. The summed E-state index contributed by atoms with van der Waals surface area (Å²) in [5.41, 5.74) is 2.36. The highest BCUT2D eigenvalue weighted by molar-refractivity contribution is 6.33. The molecule has 1 aromatic carbocycles. The Balaban J connectivity index is 2.12. The van der Waals surface area contributed by atoms with Gasteiger partial charge in [-0.15, -0.1) is 0 Å². The summed E-state index contributed by atoms with van der Waals surface area (Å²) in [5.74, 6) is 0. The first kappa shape index (κ1) is 15.6. The van der Waals surface area contributed by atoms with Gasteiger partial charge in [0, 0.05) is 18.6 Å². The van der Waals surface area contributed by atoms with Crippen molar-refractivity contribution in [3.05, 3.63) is 28.8 Å². The van der Waals surface area contributed by atoms with Crippen molar-refractivity contribution in [2.75, 3.05) is 31.2 Å². The van der Waals surface area contributed by atoms with Crippen LogP contribution in [0.2, 0.25) is 5.02 Å². The molecule has 0 bridgehead atoms. The molecule has 0 amide bonds. The van der Waals surface area contributed by atoms with E-state index >= 15 is 0 Å². The molecule has 112 valence electrons. The summed E-state index contributed by atoms with van der Waals surface area (Å²) in [4.78, 5) is 2.33. The Morgan fingerprint density at radius 3 is 2.95 bits per heavy atom. The predicted molar refractivity (Wildman–Crippen MR) is 85.8 cm³/mol. The van der Waals surface area contributed by atoms with Crippen LogP contribution in [0, 0.1) is 0 Å². The minimum atomic E-state index is 0.337. The molecule has 1 heterocycles. The number of nitrogens with zero attached hydrogens (tertiary/aromatic N) is 1. The first-order valence-electron chi connectivity index (χ1n) is 7.50. The van der Waals surface area contributed by atoms with Crippen molar-refractivity contribution in [3.63, 3.8) is 0 Å². The highest BCUT2D eigenvalue weighted by Gasteiger charge is 2.21. The van der Waals surface area contributed by atoms with Crippen LogP contribution >= 0.6 is 11.6 Å². The van der Waals surface area contributed by atoms with Crippen LogP contribution in [0.4, 0.5) is 5.69 Å². The van der Waals surface area contributed by atoms with E-state index in [9.17, 15) is 0 Å². The van der Waals surface area contributed by atoms with E-state index in [1.165, 1.54) is 5.56 Å². The molecule has 0 saturated carbocycles. The Labute approximate surface area is 127 Å². The summed E-state index contributed by atoms with van der Waals surface area (Å²) in [6, 6.07) is 7.12. The van der Waals surface area contributed by atoms with Crippen LogP contribution in [-0.2, 0) is 4.74 Å². The molecule has 1 aliphatic rings. The number of benzene rings is 1. The predicted octanol–water partition coefficient (Wildman–Crippen LogP) is 3.63. The maximum absolute atomic E-state index is 6.50. The second kappa shape index (κ2) is 7.30. The van der Waals surface area contributed by atoms with Crippen molar-refractivity contribution in [1.82, 2.24) is 5.32 Å². The second-order valence-corrected chi connectivity index (χ2v) is 5.91. The molecule has 0 aliphatic carbocycles. The Morgan fingerprint density at radius 2 is 2.30 bits per heavy atom. The molecule has 1 saturated heterocycles. The maximum Gasteiger partial charge on any atom is 0.0668 e. The molecule has 0 aromatic heterocycles. The zero-order valence-corrected chi connectivity index (χ0v) is 13.4. The first-order chi connectivity index (χ1) is 9.63. The van der Waals surface area contributed by atoms with Crippen LogP contribution in [0.15, 0.2) is 18.2 Å². The van der Waals surface area contributed by atoms with E-state index in [2.05, 4.69) is 49.2 Å².